The van der Waals surface area contributed by atoms with E-state index < -0.39 is 41.1 Å². The van der Waals surface area contributed by atoms with Crippen LogP contribution in [0.1, 0.15) is 112 Å². The molecule has 2 unspecified atom stereocenters. The van der Waals surface area contributed by atoms with Gasteiger partial charge in [-0.2, -0.15) is 4.90 Å². The van der Waals surface area contributed by atoms with Gasteiger partial charge in [-0.05, 0) is 112 Å². The van der Waals surface area contributed by atoms with Crippen LogP contribution in [0.3, 0.4) is 0 Å². The predicted molar refractivity (Wildman–Crippen MR) is 203 cm³/mol. The number of amides is 3. The third-order valence-electron chi connectivity index (χ3n) is 8.29. The Hall–Kier alpha value is -5.53. The third-order valence-corrected chi connectivity index (χ3v) is 8.29. The molecule has 0 saturated heterocycles. The fourth-order valence-electron chi connectivity index (χ4n) is 5.67. The van der Waals surface area contributed by atoms with Crippen LogP contribution in [0.4, 0.5) is 20.2 Å². The molecule has 14 heteroatoms. The highest BCUT2D eigenvalue weighted by Crippen LogP contribution is 2.44. The Balaban J connectivity index is 1.63. The summed E-state index contributed by atoms with van der Waals surface area (Å²) >= 11 is 0. The van der Waals surface area contributed by atoms with Crippen molar-refractivity contribution < 1.29 is 33.1 Å². The monoisotopic (exact) mass is 742 g/mol. The zero-order chi connectivity index (χ0) is 39.7. The van der Waals surface area contributed by atoms with Gasteiger partial charge in [0.25, 0.3) is 0 Å². The van der Waals surface area contributed by atoms with Gasteiger partial charge in [0, 0.05) is 29.0 Å². The standard InChI is InChI=1S/C40H50N6O8/c1-22(24-15-16-24)32-27(17-18-31(47)44-32)29-21-41-34(46(36(49)52-39(6,7)8)37(50)53-40(9,10)11)33(43-29)30-20-28(45-54-30)26-14-12-13-25(19-26)23(2)42-35(48)51-38(3,4)5/h12-14,17-24H,15-16H2,1-11H3,(H,42,48)(H,44,47). The van der Waals surface area contributed by atoms with Crippen molar-refractivity contribution in [3.05, 3.63) is 70.3 Å². The highest BCUT2D eigenvalue weighted by Gasteiger charge is 2.37. The van der Waals surface area contributed by atoms with Gasteiger partial charge in [-0.25, -0.2) is 24.4 Å². The number of anilines is 1. The molecule has 0 spiro atoms. The van der Waals surface area contributed by atoms with Crippen molar-refractivity contribution in [1.82, 2.24) is 25.4 Å². The average Bonchev–Trinajstić information content (AvgIpc) is 3.78. The first-order valence-corrected chi connectivity index (χ1v) is 18.0. The summed E-state index contributed by atoms with van der Waals surface area (Å²) in [5, 5.41) is 7.17. The van der Waals surface area contributed by atoms with Crippen LogP contribution in [0.5, 0.6) is 0 Å². The van der Waals surface area contributed by atoms with Crippen molar-refractivity contribution in [3.8, 4) is 34.0 Å². The van der Waals surface area contributed by atoms with Gasteiger partial charge in [0.1, 0.15) is 22.5 Å². The molecule has 14 nitrogen and oxygen atoms in total. The van der Waals surface area contributed by atoms with E-state index in [9.17, 15) is 19.2 Å². The normalized spacial score (nSPS) is 14.5. The number of nitrogens with one attached hydrogen (secondary N) is 2. The smallest absolute Gasteiger partial charge is 0.425 e. The second-order valence-corrected chi connectivity index (χ2v) is 16.6. The van der Waals surface area contributed by atoms with Crippen molar-refractivity contribution >= 4 is 24.1 Å². The van der Waals surface area contributed by atoms with Crippen molar-refractivity contribution in [1.29, 1.82) is 0 Å². The van der Waals surface area contributed by atoms with E-state index in [1.54, 1.807) is 74.4 Å². The second-order valence-electron chi connectivity index (χ2n) is 16.6. The molecule has 1 aromatic carbocycles. The summed E-state index contributed by atoms with van der Waals surface area (Å²) in [7, 11) is 0. The number of rotatable bonds is 8. The van der Waals surface area contributed by atoms with E-state index in [-0.39, 0.29) is 28.7 Å². The van der Waals surface area contributed by atoms with Crippen LogP contribution in [0.15, 0.2) is 58.0 Å². The number of imide groups is 1. The van der Waals surface area contributed by atoms with Crippen molar-refractivity contribution in [2.75, 3.05) is 4.90 Å². The maximum Gasteiger partial charge on any atom is 0.425 e. The molecule has 1 fully saturated rings. The number of carbonyl (C=O) groups is 3. The van der Waals surface area contributed by atoms with Crippen molar-refractivity contribution in [2.24, 2.45) is 5.92 Å². The molecule has 1 aliphatic rings. The van der Waals surface area contributed by atoms with E-state index in [4.69, 9.17) is 23.7 Å². The first-order chi connectivity index (χ1) is 25.1. The molecule has 54 heavy (non-hydrogen) atoms. The molecule has 0 radical (unpaired) electrons. The number of carbonyl (C=O) groups excluding carboxylic acids is 3. The van der Waals surface area contributed by atoms with E-state index in [2.05, 4.69) is 27.4 Å². The number of aromatic nitrogens is 4. The Morgan fingerprint density at radius 2 is 1.50 bits per heavy atom. The highest BCUT2D eigenvalue weighted by molar-refractivity contribution is 6.10. The van der Waals surface area contributed by atoms with Gasteiger partial charge in [0.15, 0.2) is 17.3 Å². The quantitative estimate of drug-likeness (QED) is 0.165. The average molecular weight is 743 g/mol. The Morgan fingerprint density at radius 3 is 2.09 bits per heavy atom. The fourth-order valence-corrected chi connectivity index (χ4v) is 5.67. The molecule has 3 amide bonds. The maximum atomic E-state index is 13.8. The molecular formula is C40H50N6O8. The number of hydrogen-bond acceptors (Lipinski definition) is 11. The summed E-state index contributed by atoms with van der Waals surface area (Å²) in [5.74, 6) is 0.321. The van der Waals surface area contributed by atoms with Gasteiger partial charge in [-0.1, -0.05) is 30.3 Å². The summed E-state index contributed by atoms with van der Waals surface area (Å²) in [6, 6.07) is 11.7. The second kappa shape index (κ2) is 15.1. The molecule has 3 heterocycles. The Labute approximate surface area is 315 Å². The molecule has 2 atom stereocenters. The summed E-state index contributed by atoms with van der Waals surface area (Å²) in [6.07, 6.45) is 0.902. The minimum Gasteiger partial charge on any atom is -0.444 e. The Bertz CT molecular complexity index is 2050. The lowest BCUT2D eigenvalue weighted by molar-refractivity contribution is 0.0425. The maximum absolute atomic E-state index is 13.8. The number of ether oxygens (including phenoxy) is 3. The van der Waals surface area contributed by atoms with Crippen molar-refractivity contribution in [3.63, 3.8) is 0 Å². The molecule has 1 saturated carbocycles. The lowest BCUT2D eigenvalue weighted by Crippen LogP contribution is -2.44. The minimum atomic E-state index is -1.04. The molecule has 1 aliphatic carbocycles. The largest absolute Gasteiger partial charge is 0.444 e. The van der Waals surface area contributed by atoms with Gasteiger partial charge in [-0.15, -0.1) is 0 Å². The van der Waals surface area contributed by atoms with Gasteiger partial charge in [-0.3, -0.25) is 4.79 Å². The predicted octanol–water partition coefficient (Wildman–Crippen LogP) is 8.93. The summed E-state index contributed by atoms with van der Waals surface area (Å²) in [6.45, 7) is 19.3. The van der Waals surface area contributed by atoms with Crippen LogP contribution in [-0.2, 0) is 14.2 Å². The van der Waals surface area contributed by atoms with Crippen LogP contribution < -0.4 is 15.8 Å². The number of alkyl carbamates (subject to hydrolysis) is 1. The van der Waals surface area contributed by atoms with Gasteiger partial charge < -0.3 is 29.0 Å². The molecule has 0 bridgehead atoms. The molecule has 4 aromatic rings. The number of pyridine rings is 1. The molecule has 2 N–H and O–H groups in total. The highest BCUT2D eigenvalue weighted by atomic mass is 16.6. The molecule has 5 rings (SSSR count). The lowest BCUT2D eigenvalue weighted by atomic mass is 9.96. The van der Waals surface area contributed by atoms with E-state index in [0.717, 1.165) is 18.4 Å². The van der Waals surface area contributed by atoms with E-state index >= 15 is 0 Å². The molecule has 3 aromatic heterocycles. The SMILES string of the molecule is CC(NC(=O)OC(C)(C)C)c1cccc(-c2cc(-c3nc(-c4ccc(=O)[nH]c4C(C)C4CC4)cnc3N(C(=O)OC(C)(C)C)C(=O)OC(C)(C)C)on2)c1. The first-order valence-electron chi connectivity index (χ1n) is 18.0. The Kier molecular flexibility index (Phi) is 11.1. The summed E-state index contributed by atoms with van der Waals surface area (Å²) in [5.41, 5.74) is 0.686. The third kappa shape index (κ3) is 10.1. The van der Waals surface area contributed by atoms with Crippen molar-refractivity contribution in [2.45, 2.75) is 118 Å². The number of benzene rings is 1. The van der Waals surface area contributed by atoms with Crippen LogP contribution in [0.25, 0.3) is 34.0 Å². The van der Waals surface area contributed by atoms with Crippen LogP contribution in [0.2, 0.25) is 0 Å². The lowest BCUT2D eigenvalue weighted by Gasteiger charge is -2.28. The van der Waals surface area contributed by atoms with E-state index in [1.807, 2.05) is 31.2 Å². The number of aromatic amines is 1. The topological polar surface area (TPSA) is 179 Å². The molecular weight excluding hydrogens is 692 g/mol. The first kappa shape index (κ1) is 39.7. The van der Waals surface area contributed by atoms with Gasteiger partial charge in [0.2, 0.25) is 5.56 Å². The Morgan fingerprint density at radius 1 is 0.870 bits per heavy atom. The summed E-state index contributed by atoms with van der Waals surface area (Å²) in [4.78, 5) is 65.7. The zero-order valence-electron chi connectivity index (χ0n) is 32.8. The molecule has 0 aliphatic heterocycles. The van der Waals surface area contributed by atoms with Crippen LogP contribution >= 0.6 is 0 Å². The fraction of sp³-hybridized carbons (Fsp3) is 0.475. The summed E-state index contributed by atoms with van der Waals surface area (Å²) < 4.78 is 22.6. The van der Waals surface area contributed by atoms with Crippen LogP contribution in [0, 0.1) is 5.92 Å². The van der Waals surface area contributed by atoms with Crippen LogP contribution in [-0.4, -0.2) is 55.2 Å². The number of H-pyrrole nitrogens is 1. The number of nitrogens with zero attached hydrogens (tertiary/aromatic N) is 4. The van der Waals surface area contributed by atoms with Gasteiger partial charge >= 0.3 is 18.3 Å². The van der Waals surface area contributed by atoms with Gasteiger partial charge in [0.05, 0.1) is 17.9 Å². The molecule has 288 valence electrons. The minimum absolute atomic E-state index is 0.00434. The van der Waals surface area contributed by atoms with E-state index in [0.29, 0.717) is 39.0 Å². The zero-order valence-corrected chi connectivity index (χ0v) is 32.8. The van der Waals surface area contributed by atoms with E-state index in [1.165, 1.54) is 12.3 Å². The number of hydrogen-bond donors (Lipinski definition) is 2.